The minimum atomic E-state index is -2.81. The van der Waals surface area contributed by atoms with Gasteiger partial charge in [-0.05, 0) is 50.3 Å². The highest BCUT2D eigenvalue weighted by molar-refractivity contribution is 5.82. The van der Waals surface area contributed by atoms with Gasteiger partial charge >= 0.3 is 0 Å². The molecule has 128 valence electrons. The van der Waals surface area contributed by atoms with Crippen molar-refractivity contribution >= 4 is 10.9 Å². The van der Waals surface area contributed by atoms with Crippen molar-refractivity contribution in [1.82, 2.24) is 9.55 Å². The van der Waals surface area contributed by atoms with Gasteiger partial charge in [0.1, 0.15) is 5.82 Å². The Hall–Kier alpha value is -1.82. The summed E-state index contributed by atoms with van der Waals surface area (Å²) in [5.41, 5.74) is 6.68. The van der Waals surface area contributed by atoms with Gasteiger partial charge in [0.2, 0.25) is 0 Å². The number of hydrogen-bond acceptors (Lipinski definition) is 3. The molecule has 0 bridgehead atoms. The van der Waals surface area contributed by atoms with Gasteiger partial charge in [-0.15, -0.1) is 0 Å². The van der Waals surface area contributed by atoms with Crippen LogP contribution in [0.3, 0.4) is 0 Å². The molecule has 4 nitrogen and oxygen atoms in total. The van der Waals surface area contributed by atoms with Crippen molar-refractivity contribution in [3.8, 4) is 0 Å². The molecular weight excluding hydrogens is 312 g/mol. The molecule has 0 saturated heterocycles. The van der Waals surface area contributed by atoms with Crippen LogP contribution in [0.1, 0.15) is 55.6 Å². The lowest BCUT2D eigenvalue weighted by molar-refractivity contribution is -0.0584. The predicted octanol–water partition coefficient (Wildman–Crippen LogP) is 3.19. The van der Waals surface area contributed by atoms with Crippen LogP contribution < -0.4 is 11.3 Å². The van der Waals surface area contributed by atoms with Gasteiger partial charge in [0.25, 0.3) is 11.5 Å². The van der Waals surface area contributed by atoms with Crippen molar-refractivity contribution in [2.75, 3.05) is 0 Å². The normalized spacial score (nSPS) is 26.2. The zero-order valence-electron chi connectivity index (χ0n) is 13.9. The maximum absolute atomic E-state index is 14.7. The van der Waals surface area contributed by atoms with Crippen LogP contribution in [0.5, 0.6) is 0 Å². The maximum atomic E-state index is 14.7. The standard InChI is InChI=1S/C18H21F2N3O/c1-10-8-12(11(2)21)14-13(9-10)15(24)23-7-6-17(16(23)22-14)4-3-5-18(17,19)20/h8-9,11H,3-7,21H2,1-2H3/t11-,17-/m1/s1. The van der Waals surface area contributed by atoms with Crippen LogP contribution in [-0.4, -0.2) is 15.5 Å². The number of benzene rings is 1. The van der Waals surface area contributed by atoms with Crippen LogP contribution in [0, 0.1) is 6.92 Å². The third-order valence-corrected chi connectivity index (χ3v) is 5.71. The van der Waals surface area contributed by atoms with Gasteiger partial charge in [0, 0.05) is 19.0 Å². The summed E-state index contributed by atoms with van der Waals surface area (Å²) in [6, 6.07) is 3.36. The second-order valence-corrected chi connectivity index (χ2v) is 7.32. The van der Waals surface area contributed by atoms with E-state index in [1.807, 2.05) is 19.9 Å². The molecule has 1 aromatic heterocycles. The molecule has 1 fully saturated rings. The largest absolute Gasteiger partial charge is 0.324 e. The topological polar surface area (TPSA) is 60.9 Å². The second kappa shape index (κ2) is 4.85. The molecule has 4 rings (SSSR count). The van der Waals surface area contributed by atoms with E-state index in [9.17, 15) is 13.6 Å². The Balaban J connectivity index is 2.08. The van der Waals surface area contributed by atoms with Gasteiger partial charge in [-0.1, -0.05) is 6.07 Å². The second-order valence-electron chi connectivity index (χ2n) is 7.32. The number of rotatable bonds is 1. The summed E-state index contributed by atoms with van der Waals surface area (Å²) < 4.78 is 30.8. The Morgan fingerprint density at radius 3 is 2.67 bits per heavy atom. The van der Waals surface area contributed by atoms with E-state index < -0.39 is 11.3 Å². The summed E-state index contributed by atoms with van der Waals surface area (Å²) in [6.07, 6.45) is 1.01. The van der Waals surface area contributed by atoms with Crippen molar-refractivity contribution in [3.05, 3.63) is 39.4 Å². The molecule has 2 aromatic rings. The number of aromatic nitrogens is 2. The first-order valence-electron chi connectivity index (χ1n) is 8.46. The fourth-order valence-electron chi connectivity index (χ4n) is 4.45. The van der Waals surface area contributed by atoms with Crippen molar-refractivity contribution in [1.29, 1.82) is 0 Å². The Labute approximate surface area is 138 Å². The highest BCUT2D eigenvalue weighted by Gasteiger charge is 2.62. The van der Waals surface area contributed by atoms with E-state index in [0.717, 1.165) is 11.1 Å². The van der Waals surface area contributed by atoms with Gasteiger partial charge in [-0.2, -0.15) is 0 Å². The summed E-state index contributed by atoms with van der Waals surface area (Å²) in [7, 11) is 0. The summed E-state index contributed by atoms with van der Waals surface area (Å²) in [5.74, 6) is -2.55. The van der Waals surface area contributed by atoms with Crippen LogP contribution >= 0.6 is 0 Å². The summed E-state index contributed by atoms with van der Waals surface area (Å²) in [4.78, 5) is 17.5. The Morgan fingerprint density at radius 1 is 1.29 bits per heavy atom. The van der Waals surface area contributed by atoms with E-state index in [1.165, 1.54) is 4.57 Å². The third kappa shape index (κ3) is 1.86. The molecule has 0 radical (unpaired) electrons. The molecular formula is C18H21F2N3O. The molecule has 0 unspecified atom stereocenters. The van der Waals surface area contributed by atoms with E-state index in [1.54, 1.807) is 6.07 Å². The molecule has 1 spiro atoms. The fourth-order valence-corrected chi connectivity index (χ4v) is 4.45. The molecule has 24 heavy (non-hydrogen) atoms. The fraction of sp³-hybridized carbons (Fsp3) is 0.556. The number of nitrogens with zero attached hydrogens (tertiary/aromatic N) is 2. The molecule has 6 heteroatoms. The van der Waals surface area contributed by atoms with Crippen molar-refractivity contribution < 1.29 is 8.78 Å². The average Bonchev–Trinajstić information content (AvgIpc) is 3.02. The first-order valence-corrected chi connectivity index (χ1v) is 8.46. The first-order chi connectivity index (χ1) is 11.3. The molecule has 2 N–H and O–H groups in total. The van der Waals surface area contributed by atoms with Crippen LogP contribution in [-0.2, 0) is 12.0 Å². The lowest BCUT2D eigenvalue weighted by atomic mass is 9.81. The molecule has 2 aliphatic rings. The summed E-state index contributed by atoms with van der Waals surface area (Å²) >= 11 is 0. The number of halogens is 2. The quantitative estimate of drug-likeness (QED) is 0.872. The van der Waals surface area contributed by atoms with Gasteiger partial charge < -0.3 is 5.73 Å². The molecule has 0 amide bonds. The number of fused-ring (bicyclic) bond motifs is 3. The highest BCUT2D eigenvalue weighted by Crippen LogP contribution is 2.55. The van der Waals surface area contributed by atoms with E-state index in [4.69, 9.17) is 5.73 Å². The first kappa shape index (κ1) is 15.7. The number of hydrogen-bond donors (Lipinski definition) is 1. The SMILES string of the molecule is Cc1cc([C@@H](C)N)c2nc3n(c(=O)c2c1)CC[C@]31CCCC1(F)F. The van der Waals surface area contributed by atoms with Crippen LogP contribution in [0.4, 0.5) is 8.78 Å². The summed E-state index contributed by atoms with van der Waals surface area (Å²) in [6.45, 7) is 4.03. The van der Waals surface area contributed by atoms with Gasteiger partial charge in [-0.25, -0.2) is 13.8 Å². The average molecular weight is 333 g/mol. The van der Waals surface area contributed by atoms with Crippen LogP contribution in [0.25, 0.3) is 10.9 Å². The van der Waals surface area contributed by atoms with Gasteiger partial charge in [0.05, 0.1) is 16.3 Å². The zero-order chi connectivity index (χ0) is 17.3. The molecule has 2 atom stereocenters. The monoisotopic (exact) mass is 333 g/mol. The maximum Gasteiger partial charge on any atom is 0.261 e. The van der Waals surface area contributed by atoms with Crippen molar-refractivity contribution in [2.45, 2.75) is 63.5 Å². The number of aryl methyl sites for hydroxylation is 1. The molecule has 1 aliphatic carbocycles. The summed E-state index contributed by atoms with van der Waals surface area (Å²) in [5, 5.41) is 0.476. The van der Waals surface area contributed by atoms with Gasteiger partial charge in [0.15, 0.2) is 0 Å². The Kier molecular flexibility index (Phi) is 3.17. The Morgan fingerprint density at radius 2 is 2.04 bits per heavy atom. The van der Waals surface area contributed by atoms with Crippen molar-refractivity contribution in [2.24, 2.45) is 5.73 Å². The number of nitrogens with two attached hydrogens (primary N) is 1. The zero-order valence-corrected chi connectivity index (χ0v) is 13.9. The minimum Gasteiger partial charge on any atom is -0.324 e. The van der Waals surface area contributed by atoms with Crippen LogP contribution in [0.15, 0.2) is 16.9 Å². The van der Waals surface area contributed by atoms with Crippen molar-refractivity contribution in [3.63, 3.8) is 0 Å². The highest BCUT2D eigenvalue weighted by atomic mass is 19.3. The molecule has 2 heterocycles. The van der Waals surface area contributed by atoms with Crippen LogP contribution in [0.2, 0.25) is 0 Å². The van der Waals surface area contributed by atoms with E-state index in [-0.39, 0.29) is 30.3 Å². The minimum absolute atomic E-state index is 0.130. The lowest BCUT2D eigenvalue weighted by Gasteiger charge is -2.30. The lowest BCUT2D eigenvalue weighted by Crippen LogP contribution is -2.40. The molecule has 1 aliphatic heterocycles. The van der Waals surface area contributed by atoms with Gasteiger partial charge in [-0.3, -0.25) is 9.36 Å². The molecule has 1 saturated carbocycles. The van der Waals surface area contributed by atoms with E-state index >= 15 is 0 Å². The Bertz CT molecular complexity index is 903. The van der Waals surface area contributed by atoms with E-state index in [0.29, 0.717) is 30.3 Å². The number of alkyl halides is 2. The molecule has 1 aromatic carbocycles. The predicted molar refractivity (Wildman–Crippen MR) is 88.4 cm³/mol. The van der Waals surface area contributed by atoms with E-state index in [2.05, 4.69) is 4.98 Å². The third-order valence-electron chi connectivity index (χ3n) is 5.71. The smallest absolute Gasteiger partial charge is 0.261 e.